The van der Waals surface area contributed by atoms with Crippen molar-refractivity contribution in [1.29, 1.82) is 0 Å². The van der Waals surface area contributed by atoms with Crippen molar-refractivity contribution >= 4 is 0 Å². The zero-order valence-electron chi connectivity index (χ0n) is 22.6. The van der Waals surface area contributed by atoms with Crippen LogP contribution in [0.25, 0.3) is 0 Å². The number of quaternary nitrogens is 2. The lowest BCUT2D eigenvalue weighted by Gasteiger charge is -2.30. The van der Waals surface area contributed by atoms with E-state index in [1.807, 2.05) is 0 Å². The van der Waals surface area contributed by atoms with Crippen molar-refractivity contribution in [3.63, 3.8) is 0 Å². The summed E-state index contributed by atoms with van der Waals surface area (Å²) in [7, 11) is 9.42. The average Bonchev–Trinajstić information content (AvgIpc) is 2.70. The van der Waals surface area contributed by atoms with Crippen molar-refractivity contribution in [2.24, 2.45) is 0 Å². The van der Waals surface area contributed by atoms with Gasteiger partial charge in [0.25, 0.3) is 0 Å². The fourth-order valence-electron chi connectivity index (χ4n) is 4.57. The van der Waals surface area contributed by atoms with Crippen LogP contribution in [-0.2, 0) is 0 Å². The third-order valence-corrected chi connectivity index (χ3v) is 6.81. The Morgan fingerprint density at radius 1 is 0.452 bits per heavy atom. The van der Waals surface area contributed by atoms with E-state index in [1.54, 1.807) is 4.90 Å². The minimum atomic E-state index is 0. The fraction of sp³-hybridized carbons (Fsp3) is 1.00. The Kier molecular flexibility index (Phi) is 27.1. The number of nitrogens with zero attached hydrogens (tertiary/aromatic N) is 1. The number of nitrogens with one attached hydrogen (secondary N) is 1. The van der Waals surface area contributed by atoms with Crippen LogP contribution in [0, 0.1) is 0 Å². The monoisotopic (exact) mass is 505 g/mol. The summed E-state index contributed by atoms with van der Waals surface area (Å²) < 4.78 is 1.24. The van der Waals surface area contributed by atoms with Crippen LogP contribution in [0.1, 0.15) is 135 Å². The molecule has 0 heterocycles. The first-order valence-electron chi connectivity index (χ1n) is 14.1. The number of unbranched alkanes of at least 4 members (excludes halogenated alkanes) is 18. The summed E-state index contributed by atoms with van der Waals surface area (Å²) in [5.41, 5.74) is 0. The molecule has 0 atom stereocenters. The minimum absolute atomic E-state index is 0. The van der Waals surface area contributed by atoms with Crippen molar-refractivity contribution in [3.8, 4) is 0 Å². The van der Waals surface area contributed by atoms with E-state index in [4.69, 9.17) is 0 Å². The second-order valence-corrected chi connectivity index (χ2v) is 11.1. The molecule has 0 amide bonds. The maximum Gasteiger partial charge on any atom is 0.0782 e. The number of halogens is 1. The smallest absolute Gasteiger partial charge is 0.0782 e. The van der Waals surface area contributed by atoms with Crippen molar-refractivity contribution in [2.45, 2.75) is 135 Å². The summed E-state index contributed by atoms with van der Waals surface area (Å²) in [4.78, 5) is 1.60. The highest BCUT2D eigenvalue weighted by atomic mass is 79.9. The van der Waals surface area contributed by atoms with Crippen LogP contribution in [-0.4, -0.2) is 52.3 Å². The van der Waals surface area contributed by atoms with E-state index < -0.39 is 0 Å². The SMILES string of the molecule is CCCCCCCCCCCC[N+](C)(C)CCCCCCCCCCCC[NH+](C)C.[Br-]. The Balaban J connectivity index is 0. The van der Waals surface area contributed by atoms with Crippen molar-refractivity contribution in [3.05, 3.63) is 0 Å². The van der Waals surface area contributed by atoms with Crippen LogP contribution in [0.15, 0.2) is 0 Å². The molecule has 0 radical (unpaired) electrons. The molecule has 0 aliphatic rings. The Bertz CT molecular complexity index is 331. The van der Waals surface area contributed by atoms with Gasteiger partial charge in [-0.25, -0.2) is 0 Å². The van der Waals surface area contributed by atoms with E-state index in [0.717, 1.165) is 0 Å². The Morgan fingerprint density at radius 2 is 0.742 bits per heavy atom. The minimum Gasteiger partial charge on any atom is -1.00 e. The molecule has 0 fully saturated rings. The van der Waals surface area contributed by atoms with Gasteiger partial charge in [-0.1, -0.05) is 96.8 Å². The predicted octanol–water partition coefficient (Wildman–Crippen LogP) is 4.03. The topological polar surface area (TPSA) is 4.44 Å². The summed E-state index contributed by atoms with van der Waals surface area (Å²) in [5, 5.41) is 0. The highest BCUT2D eigenvalue weighted by Crippen LogP contribution is 2.14. The molecule has 1 N–H and O–H groups in total. The van der Waals surface area contributed by atoms with Crippen LogP contribution in [0.3, 0.4) is 0 Å². The first-order valence-corrected chi connectivity index (χ1v) is 14.1. The molecule has 0 unspecified atom stereocenters. The van der Waals surface area contributed by atoms with Gasteiger partial charge in [-0.2, -0.15) is 0 Å². The highest BCUT2D eigenvalue weighted by Gasteiger charge is 2.13. The molecule has 190 valence electrons. The van der Waals surface area contributed by atoms with Gasteiger partial charge in [-0.15, -0.1) is 0 Å². The zero-order chi connectivity index (χ0) is 22.3. The van der Waals surface area contributed by atoms with Crippen LogP contribution in [0.4, 0.5) is 0 Å². The van der Waals surface area contributed by atoms with Gasteiger partial charge in [0.1, 0.15) is 0 Å². The summed E-state index contributed by atoms with van der Waals surface area (Å²) in [5.74, 6) is 0. The lowest BCUT2D eigenvalue weighted by atomic mass is 10.1. The Labute approximate surface area is 209 Å². The normalized spacial score (nSPS) is 11.8. The van der Waals surface area contributed by atoms with Crippen LogP contribution in [0.5, 0.6) is 0 Å². The fourth-order valence-corrected chi connectivity index (χ4v) is 4.57. The van der Waals surface area contributed by atoms with Crippen LogP contribution in [0.2, 0.25) is 0 Å². The Hall–Kier alpha value is 0.400. The molecule has 0 spiro atoms. The largest absolute Gasteiger partial charge is 1.00 e. The molecule has 0 saturated carbocycles. The van der Waals surface area contributed by atoms with Gasteiger partial charge >= 0.3 is 0 Å². The Morgan fingerprint density at radius 3 is 1.06 bits per heavy atom. The third kappa shape index (κ3) is 28.4. The number of rotatable bonds is 24. The van der Waals surface area contributed by atoms with E-state index in [2.05, 4.69) is 35.1 Å². The summed E-state index contributed by atoms with van der Waals surface area (Å²) in [6.45, 7) is 6.41. The number of hydrogen-bond donors (Lipinski definition) is 1. The summed E-state index contributed by atoms with van der Waals surface area (Å²) in [6.07, 6.45) is 29.0. The maximum absolute atomic E-state index is 2.45. The zero-order valence-corrected chi connectivity index (χ0v) is 24.2. The molecule has 0 bridgehead atoms. The van der Waals surface area contributed by atoms with Crippen molar-refractivity contribution in [1.82, 2.24) is 0 Å². The average molecular weight is 507 g/mol. The summed E-state index contributed by atoms with van der Waals surface area (Å²) >= 11 is 0. The molecule has 0 aliphatic heterocycles. The summed E-state index contributed by atoms with van der Waals surface area (Å²) in [6, 6.07) is 0. The highest BCUT2D eigenvalue weighted by molar-refractivity contribution is 4.50. The molecule has 0 aliphatic carbocycles. The molecular formula is C28H62BrN2+. The van der Waals surface area contributed by atoms with E-state index >= 15 is 0 Å². The lowest BCUT2D eigenvalue weighted by molar-refractivity contribution is -0.890. The first-order chi connectivity index (χ1) is 14.5. The van der Waals surface area contributed by atoms with Gasteiger partial charge in [0, 0.05) is 0 Å². The second kappa shape index (κ2) is 25.0. The maximum atomic E-state index is 2.45. The molecule has 0 aromatic rings. The third-order valence-electron chi connectivity index (χ3n) is 6.81. The van der Waals surface area contributed by atoms with E-state index in [9.17, 15) is 0 Å². The van der Waals surface area contributed by atoms with E-state index in [1.165, 1.54) is 153 Å². The van der Waals surface area contributed by atoms with Gasteiger partial charge in [0.15, 0.2) is 0 Å². The van der Waals surface area contributed by atoms with Gasteiger partial charge < -0.3 is 26.4 Å². The van der Waals surface area contributed by atoms with Crippen LogP contribution >= 0.6 is 0 Å². The standard InChI is InChI=1S/C28H61N2.BrH/c1-6-7-8-9-10-11-15-18-21-24-27-30(4,5)28-25-22-19-16-13-12-14-17-20-23-26-29(2)3;/h6-28H2,1-5H3;1H/q+1;. The molecule has 31 heavy (non-hydrogen) atoms. The lowest BCUT2D eigenvalue weighted by Crippen LogP contribution is -3.05. The van der Waals surface area contributed by atoms with E-state index in [-0.39, 0.29) is 17.0 Å². The molecule has 0 saturated heterocycles. The van der Waals surface area contributed by atoms with Crippen LogP contribution < -0.4 is 21.9 Å². The second-order valence-electron chi connectivity index (χ2n) is 11.1. The molecule has 0 aromatic carbocycles. The molecule has 3 heteroatoms. The predicted molar refractivity (Wildman–Crippen MR) is 138 cm³/mol. The number of hydrogen-bond acceptors (Lipinski definition) is 0. The van der Waals surface area contributed by atoms with E-state index in [0.29, 0.717) is 0 Å². The first kappa shape index (κ1) is 33.6. The van der Waals surface area contributed by atoms with Crippen molar-refractivity contribution in [2.75, 3.05) is 47.8 Å². The molecule has 0 aromatic heterocycles. The van der Waals surface area contributed by atoms with Crippen molar-refractivity contribution < 1.29 is 26.4 Å². The molecule has 0 rings (SSSR count). The van der Waals surface area contributed by atoms with Gasteiger partial charge in [-0.05, 0) is 38.5 Å². The molecular weight excluding hydrogens is 444 g/mol. The molecule has 2 nitrogen and oxygen atoms in total. The van der Waals surface area contributed by atoms with Gasteiger partial charge in [0.05, 0.1) is 47.8 Å². The van der Waals surface area contributed by atoms with Gasteiger partial charge in [-0.3, -0.25) is 0 Å². The van der Waals surface area contributed by atoms with Gasteiger partial charge in [0.2, 0.25) is 0 Å². The quantitative estimate of drug-likeness (QED) is 0.149.